The predicted octanol–water partition coefficient (Wildman–Crippen LogP) is 3.50. The highest BCUT2D eigenvalue weighted by molar-refractivity contribution is 5.91. The smallest absolute Gasteiger partial charge is 0.408 e. The normalized spacial score (nSPS) is 13.1. The first kappa shape index (κ1) is 26.3. The molecule has 8 nitrogen and oxygen atoms in total. The van der Waals surface area contributed by atoms with Gasteiger partial charge >= 0.3 is 6.09 Å². The van der Waals surface area contributed by atoms with Crippen molar-refractivity contribution in [3.8, 4) is 5.75 Å². The van der Waals surface area contributed by atoms with Crippen LogP contribution in [0.1, 0.15) is 72.4 Å². The average Bonchev–Trinajstić information content (AvgIpc) is 2.66. The van der Waals surface area contributed by atoms with E-state index in [-0.39, 0.29) is 30.8 Å². The van der Waals surface area contributed by atoms with Crippen LogP contribution < -0.4 is 10.6 Å². The van der Waals surface area contributed by atoms with Crippen molar-refractivity contribution in [2.24, 2.45) is 0 Å². The molecule has 1 aromatic carbocycles. The van der Waals surface area contributed by atoms with Crippen molar-refractivity contribution in [3.05, 3.63) is 29.8 Å². The Kier molecular flexibility index (Phi) is 10.3. The predicted molar refractivity (Wildman–Crippen MR) is 120 cm³/mol. The Labute approximate surface area is 185 Å². The summed E-state index contributed by atoms with van der Waals surface area (Å²) in [6.45, 7) is 11.0. The maximum Gasteiger partial charge on any atom is 0.408 e. The van der Waals surface area contributed by atoms with Gasteiger partial charge in [-0.1, -0.05) is 38.5 Å². The number of para-hydroxylation sites is 1. The van der Waals surface area contributed by atoms with Crippen molar-refractivity contribution in [2.45, 2.75) is 78.5 Å². The lowest BCUT2D eigenvalue weighted by Gasteiger charge is -2.32. The van der Waals surface area contributed by atoms with Crippen LogP contribution in [0.4, 0.5) is 4.79 Å². The minimum absolute atomic E-state index is 0.0696. The zero-order valence-electron chi connectivity index (χ0n) is 19.5. The number of alkyl carbamates (subject to hydrolysis) is 1. The largest absolute Gasteiger partial charge is 0.508 e. The van der Waals surface area contributed by atoms with Gasteiger partial charge in [-0.3, -0.25) is 9.59 Å². The fraction of sp³-hybridized carbons (Fsp3) is 0.609. The van der Waals surface area contributed by atoms with Gasteiger partial charge in [0, 0.05) is 18.2 Å². The van der Waals surface area contributed by atoms with Gasteiger partial charge in [0.2, 0.25) is 11.8 Å². The Morgan fingerprint density at radius 3 is 2.32 bits per heavy atom. The summed E-state index contributed by atoms with van der Waals surface area (Å²) in [4.78, 5) is 39.6. The fourth-order valence-electron chi connectivity index (χ4n) is 3.20. The number of hydrogen-bond donors (Lipinski definition) is 3. The lowest BCUT2D eigenvalue weighted by Crippen LogP contribution is -2.49. The van der Waals surface area contributed by atoms with Crippen molar-refractivity contribution in [2.75, 3.05) is 13.1 Å². The molecule has 174 valence electrons. The molecule has 31 heavy (non-hydrogen) atoms. The van der Waals surface area contributed by atoms with Crippen LogP contribution in [0.15, 0.2) is 24.3 Å². The van der Waals surface area contributed by atoms with Gasteiger partial charge < -0.3 is 25.4 Å². The number of phenols is 1. The van der Waals surface area contributed by atoms with E-state index in [1.54, 1.807) is 39.0 Å². The van der Waals surface area contributed by atoms with Crippen LogP contribution >= 0.6 is 0 Å². The lowest BCUT2D eigenvalue weighted by molar-refractivity contribution is -0.140. The Hall–Kier alpha value is -2.77. The number of amides is 3. The third-order valence-corrected chi connectivity index (χ3v) is 4.47. The summed E-state index contributed by atoms with van der Waals surface area (Å²) in [5.74, 6) is -0.888. The number of carbonyl (C=O) groups excluding carboxylic acids is 3. The van der Waals surface area contributed by atoms with Crippen LogP contribution in [-0.2, 0) is 14.3 Å². The number of aromatic hydroxyl groups is 1. The molecule has 0 aliphatic carbocycles. The highest BCUT2D eigenvalue weighted by Crippen LogP contribution is 2.29. The molecule has 0 aliphatic heterocycles. The van der Waals surface area contributed by atoms with E-state index in [0.29, 0.717) is 12.0 Å². The summed E-state index contributed by atoms with van der Waals surface area (Å²) < 4.78 is 5.18. The van der Waals surface area contributed by atoms with Crippen molar-refractivity contribution in [3.63, 3.8) is 0 Å². The van der Waals surface area contributed by atoms with E-state index >= 15 is 0 Å². The van der Waals surface area contributed by atoms with Crippen LogP contribution in [0, 0.1) is 0 Å². The summed E-state index contributed by atoms with van der Waals surface area (Å²) in [5.41, 5.74) is -0.355. The first-order chi connectivity index (χ1) is 14.5. The van der Waals surface area contributed by atoms with Crippen molar-refractivity contribution in [1.29, 1.82) is 0 Å². The molecule has 1 rings (SSSR count). The van der Waals surface area contributed by atoms with Crippen LogP contribution in [0.2, 0.25) is 0 Å². The third-order valence-electron chi connectivity index (χ3n) is 4.47. The zero-order chi connectivity index (χ0) is 23.6. The molecule has 0 radical (unpaired) electrons. The molecule has 0 aromatic heterocycles. The maximum atomic E-state index is 13.2. The summed E-state index contributed by atoms with van der Waals surface area (Å²) in [7, 11) is 0. The molecule has 2 unspecified atom stereocenters. The maximum absolute atomic E-state index is 13.2. The molecule has 3 N–H and O–H groups in total. The fourth-order valence-corrected chi connectivity index (χ4v) is 3.20. The Morgan fingerprint density at radius 2 is 1.77 bits per heavy atom. The number of nitrogens with one attached hydrogen (secondary N) is 2. The lowest BCUT2D eigenvalue weighted by atomic mass is 10.0. The van der Waals surface area contributed by atoms with Gasteiger partial charge in [0.1, 0.15) is 23.9 Å². The van der Waals surface area contributed by atoms with Gasteiger partial charge in [0.15, 0.2) is 0 Å². The van der Waals surface area contributed by atoms with Crippen LogP contribution in [-0.4, -0.2) is 52.6 Å². The Morgan fingerprint density at radius 1 is 1.13 bits per heavy atom. The SMILES string of the molecule is CCCC(C)NC(=O)C(c1ccccc1O)N(CCC)C(=O)CNC(=O)OC(C)(C)C. The monoisotopic (exact) mass is 435 g/mol. The number of carbonyl (C=O) groups is 3. The Bertz CT molecular complexity index is 745. The average molecular weight is 436 g/mol. The van der Waals surface area contributed by atoms with E-state index in [0.717, 1.165) is 12.8 Å². The second kappa shape index (κ2) is 12.2. The first-order valence-corrected chi connectivity index (χ1v) is 10.8. The highest BCUT2D eigenvalue weighted by atomic mass is 16.6. The molecule has 0 spiro atoms. The molecule has 3 amide bonds. The van der Waals surface area contributed by atoms with Gasteiger partial charge in [-0.05, 0) is 46.6 Å². The molecule has 0 heterocycles. The molecule has 0 saturated carbocycles. The van der Waals surface area contributed by atoms with Gasteiger partial charge in [-0.15, -0.1) is 0 Å². The minimum atomic E-state index is -1.02. The van der Waals surface area contributed by atoms with Crippen LogP contribution in [0.5, 0.6) is 5.75 Å². The number of hydrogen-bond acceptors (Lipinski definition) is 5. The van der Waals surface area contributed by atoms with Crippen LogP contribution in [0.3, 0.4) is 0 Å². The van der Waals surface area contributed by atoms with E-state index < -0.39 is 23.6 Å². The number of nitrogens with zero attached hydrogens (tertiary/aromatic N) is 1. The van der Waals surface area contributed by atoms with Crippen molar-refractivity contribution >= 4 is 17.9 Å². The molecule has 2 atom stereocenters. The van der Waals surface area contributed by atoms with E-state index in [4.69, 9.17) is 4.74 Å². The first-order valence-electron chi connectivity index (χ1n) is 10.8. The summed E-state index contributed by atoms with van der Waals surface area (Å²) >= 11 is 0. The summed E-state index contributed by atoms with van der Waals surface area (Å²) in [6.07, 6.45) is 1.58. The standard InChI is InChI=1S/C23H37N3O5/c1-7-11-16(3)25-21(29)20(17-12-9-10-13-18(17)27)26(14-8-2)19(28)15-24-22(30)31-23(4,5)6/h9-10,12-13,16,20,27H,7-8,11,14-15H2,1-6H3,(H,24,30)(H,25,29). The topological polar surface area (TPSA) is 108 Å². The molecule has 0 aliphatic rings. The van der Waals surface area contributed by atoms with E-state index in [2.05, 4.69) is 10.6 Å². The number of phenolic OH excluding ortho intramolecular Hbond substituents is 1. The highest BCUT2D eigenvalue weighted by Gasteiger charge is 2.33. The van der Waals surface area contributed by atoms with Gasteiger partial charge in [0.25, 0.3) is 0 Å². The summed E-state index contributed by atoms with van der Waals surface area (Å²) in [5, 5.41) is 15.8. The zero-order valence-corrected chi connectivity index (χ0v) is 19.5. The number of benzene rings is 1. The van der Waals surface area contributed by atoms with Crippen molar-refractivity contribution in [1.82, 2.24) is 15.5 Å². The molecular formula is C23H37N3O5. The third kappa shape index (κ3) is 8.86. The summed E-state index contributed by atoms with van der Waals surface area (Å²) in [6, 6.07) is 5.37. The molecule has 1 aromatic rings. The second-order valence-corrected chi connectivity index (χ2v) is 8.60. The molecule has 0 bridgehead atoms. The van der Waals surface area contributed by atoms with E-state index in [1.807, 2.05) is 20.8 Å². The minimum Gasteiger partial charge on any atom is -0.508 e. The number of rotatable bonds is 10. The van der Waals surface area contributed by atoms with E-state index in [1.165, 1.54) is 11.0 Å². The molecule has 0 fully saturated rings. The number of ether oxygens (including phenoxy) is 1. The van der Waals surface area contributed by atoms with Crippen molar-refractivity contribution < 1.29 is 24.2 Å². The molecule has 0 saturated heterocycles. The van der Waals surface area contributed by atoms with E-state index in [9.17, 15) is 19.5 Å². The van der Waals surface area contributed by atoms with Gasteiger partial charge in [-0.2, -0.15) is 0 Å². The Balaban J connectivity index is 3.14. The van der Waals surface area contributed by atoms with Gasteiger partial charge in [-0.25, -0.2) is 4.79 Å². The quantitative estimate of drug-likeness (QED) is 0.521. The molecule has 8 heteroatoms. The van der Waals surface area contributed by atoms with Crippen LogP contribution in [0.25, 0.3) is 0 Å². The second-order valence-electron chi connectivity index (χ2n) is 8.60. The van der Waals surface area contributed by atoms with Gasteiger partial charge in [0.05, 0.1) is 0 Å². The molecular weight excluding hydrogens is 398 g/mol.